The third-order valence-electron chi connectivity index (χ3n) is 0.479. The van der Waals surface area contributed by atoms with Crippen LogP contribution in [0.1, 0.15) is 13.8 Å². The monoisotopic (exact) mass is 218 g/mol. The molecule has 0 heterocycles. The second-order valence-electron chi connectivity index (χ2n) is 1.48. The van der Waals surface area contributed by atoms with Crippen molar-refractivity contribution in [2.75, 3.05) is 6.61 Å². The number of rotatable bonds is 2. The first-order valence-electron chi connectivity index (χ1n) is 2.25. The van der Waals surface area contributed by atoms with Crippen LogP contribution in [0.2, 0.25) is 0 Å². The Morgan fingerprint density at radius 2 is 1.78 bits per heavy atom. The number of carbonyl (C=O) groups excluding carboxylic acids is 2. The Bertz CT molecular complexity index is 96.8. The standard InChI is InChI=1S/C5H8O3.Ru/c1-4(6)3-8-5(2)7;/h3H2,1-2H3;. The number of ketones is 1. The van der Waals surface area contributed by atoms with E-state index in [9.17, 15) is 9.59 Å². The molecule has 0 aromatic rings. The summed E-state index contributed by atoms with van der Waals surface area (Å²) in [5.41, 5.74) is 0. The zero-order chi connectivity index (χ0) is 6.57. The molecule has 0 saturated heterocycles. The van der Waals surface area contributed by atoms with Crippen molar-refractivity contribution in [2.45, 2.75) is 13.8 Å². The van der Waals surface area contributed by atoms with Crippen LogP contribution >= 0.6 is 0 Å². The zero-order valence-electron chi connectivity index (χ0n) is 5.29. The third-order valence-corrected chi connectivity index (χ3v) is 0.479. The molecule has 0 aromatic carbocycles. The van der Waals surface area contributed by atoms with Gasteiger partial charge in [-0.15, -0.1) is 0 Å². The van der Waals surface area contributed by atoms with Crippen molar-refractivity contribution in [1.29, 1.82) is 0 Å². The molecule has 0 aromatic heterocycles. The maximum Gasteiger partial charge on any atom is 0.303 e. The summed E-state index contributed by atoms with van der Waals surface area (Å²) in [5.74, 6) is -0.555. The molecule has 9 heavy (non-hydrogen) atoms. The van der Waals surface area contributed by atoms with Crippen LogP contribution in [0.15, 0.2) is 0 Å². The minimum Gasteiger partial charge on any atom is -0.458 e. The molecule has 0 bridgehead atoms. The van der Waals surface area contributed by atoms with Gasteiger partial charge in [-0.05, 0) is 6.92 Å². The van der Waals surface area contributed by atoms with E-state index in [1.807, 2.05) is 0 Å². The first-order chi connectivity index (χ1) is 3.63. The summed E-state index contributed by atoms with van der Waals surface area (Å²) >= 11 is 0. The fraction of sp³-hybridized carbons (Fsp3) is 0.600. The average molecular weight is 217 g/mol. The number of carbonyl (C=O) groups is 2. The van der Waals surface area contributed by atoms with E-state index in [4.69, 9.17) is 0 Å². The van der Waals surface area contributed by atoms with Crippen molar-refractivity contribution < 1.29 is 33.8 Å². The van der Waals surface area contributed by atoms with Gasteiger partial charge in [-0.2, -0.15) is 0 Å². The topological polar surface area (TPSA) is 43.4 Å². The van der Waals surface area contributed by atoms with Crippen LogP contribution in [-0.2, 0) is 33.8 Å². The summed E-state index contributed by atoms with van der Waals surface area (Å²) in [7, 11) is 0. The van der Waals surface area contributed by atoms with E-state index >= 15 is 0 Å². The molecule has 0 atom stereocenters. The summed E-state index contributed by atoms with van der Waals surface area (Å²) in [5, 5.41) is 0. The van der Waals surface area contributed by atoms with Crippen LogP contribution in [0, 0.1) is 0 Å². The van der Waals surface area contributed by atoms with Crippen LogP contribution in [0.3, 0.4) is 0 Å². The molecule has 0 unspecified atom stereocenters. The molecule has 0 N–H and O–H groups in total. The third kappa shape index (κ3) is 11.4. The Labute approximate surface area is 66.5 Å². The van der Waals surface area contributed by atoms with Crippen LogP contribution in [0.25, 0.3) is 0 Å². The first-order valence-corrected chi connectivity index (χ1v) is 2.25. The van der Waals surface area contributed by atoms with Gasteiger partial charge in [0.2, 0.25) is 0 Å². The van der Waals surface area contributed by atoms with Crippen LogP contribution in [0.5, 0.6) is 0 Å². The predicted octanol–water partition coefficient (Wildman–Crippen LogP) is 0.136. The molecule has 3 nitrogen and oxygen atoms in total. The van der Waals surface area contributed by atoms with Crippen molar-refractivity contribution in [2.24, 2.45) is 0 Å². The van der Waals surface area contributed by atoms with E-state index in [0.29, 0.717) is 0 Å². The molecule has 54 valence electrons. The molecule has 0 spiro atoms. The van der Waals surface area contributed by atoms with Crippen molar-refractivity contribution in [3.05, 3.63) is 0 Å². The summed E-state index contributed by atoms with van der Waals surface area (Å²) < 4.78 is 4.31. The summed E-state index contributed by atoms with van der Waals surface area (Å²) in [6, 6.07) is 0. The molecule has 0 fully saturated rings. The van der Waals surface area contributed by atoms with Gasteiger partial charge in [-0.3, -0.25) is 9.59 Å². The van der Waals surface area contributed by atoms with Gasteiger partial charge in [0.15, 0.2) is 5.78 Å². The summed E-state index contributed by atoms with van der Waals surface area (Å²) in [4.78, 5) is 20.0. The van der Waals surface area contributed by atoms with Crippen molar-refractivity contribution in [3.63, 3.8) is 0 Å². The molecular formula is C5H8O3Ru. The zero-order valence-corrected chi connectivity index (χ0v) is 7.02. The van der Waals surface area contributed by atoms with Gasteiger partial charge in [0, 0.05) is 26.4 Å². The van der Waals surface area contributed by atoms with E-state index in [2.05, 4.69) is 4.74 Å². The quantitative estimate of drug-likeness (QED) is 0.488. The minimum absolute atomic E-state index is 0. The molecule has 0 saturated carbocycles. The van der Waals surface area contributed by atoms with Crippen molar-refractivity contribution in [1.82, 2.24) is 0 Å². The van der Waals surface area contributed by atoms with E-state index in [1.54, 1.807) is 0 Å². The van der Waals surface area contributed by atoms with Gasteiger partial charge in [-0.25, -0.2) is 0 Å². The Morgan fingerprint density at radius 3 is 1.89 bits per heavy atom. The first kappa shape index (κ1) is 11.5. The van der Waals surface area contributed by atoms with Gasteiger partial charge in [0.05, 0.1) is 0 Å². The molecule has 0 rings (SSSR count). The van der Waals surface area contributed by atoms with Crippen molar-refractivity contribution in [3.8, 4) is 0 Å². The second-order valence-corrected chi connectivity index (χ2v) is 1.48. The van der Waals surface area contributed by atoms with Gasteiger partial charge in [-0.1, -0.05) is 0 Å². The van der Waals surface area contributed by atoms with Gasteiger partial charge in [0.1, 0.15) is 6.61 Å². The van der Waals surface area contributed by atoms with E-state index in [0.717, 1.165) is 0 Å². The second kappa shape index (κ2) is 5.89. The Kier molecular flexibility index (Phi) is 7.56. The fourth-order valence-electron chi connectivity index (χ4n) is 0.203. The van der Waals surface area contributed by atoms with Gasteiger partial charge < -0.3 is 4.74 Å². The molecule has 0 aliphatic rings. The summed E-state index contributed by atoms with van der Waals surface area (Å²) in [6.07, 6.45) is 0. The number of hydrogen-bond donors (Lipinski definition) is 0. The Hall–Kier alpha value is -0.237. The van der Waals surface area contributed by atoms with Gasteiger partial charge >= 0.3 is 5.97 Å². The van der Waals surface area contributed by atoms with E-state index in [1.165, 1.54) is 13.8 Å². The van der Waals surface area contributed by atoms with Crippen LogP contribution < -0.4 is 0 Å². The molecular weight excluding hydrogens is 209 g/mol. The molecule has 0 amide bonds. The average Bonchev–Trinajstić information content (AvgIpc) is 1.61. The molecule has 4 heteroatoms. The van der Waals surface area contributed by atoms with E-state index in [-0.39, 0.29) is 31.9 Å². The van der Waals surface area contributed by atoms with Crippen LogP contribution in [-0.4, -0.2) is 18.4 Å². The minimum atomic E-state index is -0.416. The predicted molar refractivity (Wildman–Crippen MR) is 27.3 cm³/mol. The number of hydrogen-bond acceptors (Lipinski definition) is 3. The number of ether oxygens (including phenoxy) is 1. The largest absolute Gasteiger partial charge is 0.458 e. The number of esters is 1. The summed E-state index contributed by atoms with van der Waals surface area (Å²) in [6.45, 7) is 2.53. The van der Waals surface area contributed by atoms with E-state index < -0.39 is 5.97 Å². The normalized spacial score (nSPS) is 7.33. The molecule has 0 radical (unpaired) electrons. The van der Waals surface area contributed by atoms with Crippen LogP contribution in [0.4, 0.5) is 0 Å². The van der Waals surface area contributed by atoms with Crippen molar-refractivity contribution >= 4 is 11.8 Å². The molecule has 0 aliphatic heterocycles. The maximum absolute atomic E-state index is 10.1. The Morgan fingerprint density at radius 1 is 1.33 bits per heavy atom. The fourth-order valence-corrected chi connectivity index (χ4v) is 0.203. The Balaban J connectivity index is 0. The molecule has 0 aliphatic carbocycles. The smallest absolute Gasteiger partial charge is 0.303 e. The SMILES string of the molecule is CC(=O)COC(C)=O.[Ru]. The van der Waals surface area contributed by atoms with Gasteiger partial charge in [0.25, 0.3) is 0 Å². The number of Topliss-reactive ketones (excluding diaryl/α,β-unsaturated/α-hetero) is 1. The maximum atomic E-state index is 10.1.